The van der Waals surface area contributed by atoms with E-state index in [1.807, 2.05) is 47.4 Å². The van der Waals surface area contributed by atoms with Gasteiger partial charge in [-0.1, -0.05) is 30.3 Å². The maximum absolute atomic E-state index is 13.4. The van der Waals surface area contributed by atoms with Gasteiger partial charge in [-0.15, -0.1) is 0 Å². The van der Waals surface area contributed by atoms with E-state index < -0.39 is 0 Å². The van der Waals surface area contributed by atoms with Crippen LogP contribution in [0.3, 0.4) is 0 Å². The minimum atomic E-state index is -0.211. The number of H-pyrrole nitrogens is 1. The molecule has 0 radical (unpaired) electrons. The summed E-state index contributed by atoms with van der Waals surface area (Å²) < 4.78 is 5.36. The number of ether oxygens (including phenoxy) is 1. The lowest BCUT2D eigenvalue weighted by Gasteiger charge is -2.47. The molecule has 3 heterocycles. The van der Waals surface area contributed by atoms with Crippen molar-refractivity contribution < 1.29 is 9.53 Å². The van der Waals surface area contributed by atoms with Gasteiger partial charge in [0.2, 0.25) is 0 Å². The van der Waals surface area contributed by atoms with Crippen LogP contribution in [0.2, 0.25) is 0 Å². The molecule has 2 aliphatic rings. The summed E-state index contributed by atoms with van der Waals surface area (Å²) in [4.78, 5) is 21.3. The molecule has 30 heavy (non-hydrogen) atoms. The Kier molecular flexibility index (Phi) is 3.65. The van der Waals surface area contributed by atoms with Gasteiger partial charge in [-0.25, -0.2) is 0 Å². The summed E-state index contributed by atoms with van der Waals surface area (Å²) >= 11 is 0. The maximum atomic E-state index is 13.4. The van der Waals surface area contributed by atoms with Gasteiger partial charge in [-0.05, 0) is 54.4 Å². The number of amides is 1. The summed E-state index contributed by atoms with van der Waals surface area (Å²) in [5, 5.41) is 1.24. The number of hydrogen-bond acceptors (Lipinski definition) is 3. The Morgan fingerprint density at radius 3 is 2.57 bits per heavy atom. The third kappa shape index (κ3) is 2.32. The molecule has 0 bridgehead atoms. The first-order chi connectivity index (χ1) is 14.8. The van der Waals surface area contributed by atoms with Crippen molar-refractivity contribution in [3.05, 3.63) is 89.6 Å². The fraction of sp³-hybridized carbons (Fsp3) is 0.160. The van der Waals surface area contributed by atoms with Crippen molar-refractivity contribution in [2.45, 2.75) is 12.6 Å². The molecule has 0 aliphatic carbocycles. The first-order valence-electron chi connectivity index (χ1n) is 10.2. The molecular weight excluding hydrogens is 374 g/mol. The minimum Gasteiger partial charge on any atom is -0.497 e. The second-order valence-corrected chi connectivity index (χ2v) is 7.77. The van der Waals surface area contributed by atoms with E-state index in [0.717, 1.165) is 40.3 Å². The zero-order chi connectivity index (χ0) is 20.2. The first-order valence-corrected chi connectivity index (χ1v) is 10.2. The summed E-state index contributed by atoms with van der Waals surface area (Å²) in [7, 11) is 1.67. The van der Waals surface area contributed by atoms with Crippen LogP contribution in [0.15, 0.2) is 72.8 Å². The molecule has 2 aliphatic heterocycles. The van der Waals surface area contributed by atoms with Crippen molar-refractivity contribution >= 4 is 28.2 Å². The van der Waals surface area contributed by atoms with Crippen LogP contribution in [0.5, 0.6) is 5.75 Å². The molecule has 1 amide bonds. The van der Waals surface area contributed by atoms with Crippen molar-refractivity contribution in [3.63, 3.8) is 0 Å². The average Bonchev–Trinajstić information content (AvgIpc) is 3.19. The van der Waals surface area contributed by atoms with Crippen molar-refractivity contribution in [1.29, 1.82) is 0 Å². The third-order valence-corrected chi connectivity index (χ3v) is 6.25. The lowest BCUT2D eigenvalue weighted by atomic mass is 9.95. The molecule has 0 spiro atoms. The Morgan fingerprint density at radius 2 is 1.73 bits per heavy atom. The quantitative estimate of drug-likeness (QED) is 0.518. The number of para-hydroxylation sites is 2. The van der Waals surface area contributed by atoms with Crippen LogP contribution in [-0.2, 0) is 6.42 Å². The molecule has 0 saturated heterocycles. The summed E-state index contributed by atoms with van der Waals surface area (Å²) in [6.45, 7) is 0.694. The van der Waals surface area contributed by atoms with Crippen LogP contribution < -0.4 is 9.64 Å². The summed E-state index contributed by atoms with van der Waals surface area (Å²) in [6.07, 6.45) is 0.636. The number of hydrogen-bond donors (Lipinski definition) is 1. The van der Waals surface area contributed by atoms with E-state index in [2.05, 4.69) is 40.2 Å². The number of rotatable bonds is 2. The van der Waals surface area contributed by atoms with Gasteiger partial charge in [-0.2, -0.15) is 0 Å². The lowest BCUT2D eigenvalue weighted by Crippen LogP contribution is -2.50. The van der Waals surface area contributed by atoms with Gasteiger partial charge in [0.1, 0.15) is 5.75 Å². The van der Waals surface area contributed by atoms with Crippen LogP contribution in [-0.4, -0.2) is 29.4 Å². The number of carbonyl (C=O) groups excluding carboxylic acids is 1. The van der Waals surface area contributed by atoms with Crippen LogP contribution in [0.1, 0.15) is 27.8 Å². The summed E-state index contributed by atoms with van der Waals surface area (Å²) in [5.74, 6) is 0.900. The zero-order valence-corrected chi connectivity index (χ0v) is 16.6. The highest BCUT2D eigenvalue weighted by molar-refractivity contribution is 6.04. The van der Waals surface area contributed by atoms with E-state index >= 15 is 0 Å². The fourth-order valence-corrected chi connectivity index (χ4v) is 4.88. The molecule has 1 N–H and O–H groups in total. The zero-order valence-electron chi connectivity index (χ0n) is 16.6. The van der Waals surface area contributed by atoms with E-state index in [0.29, 0.717) is 6.54 Å². The molecular formula is C25H21N3O2. The predicted octanol–water partition coefficient (Wildman–Crippen LogP) is 5.03. The number of carbonyl (C=O) groups is 1. The van der Waals surface area contributed by atoms with Crippen molar-refractivity contribution in [2.24, 2.45) is 0 Å². The van der Waals surface area contributed by atoms with Crippen molar-refractivity contribution in [3.8, 4) is 5.75 Å². The van der Waals surface area contributed by atoms with Crippen molar-refractivity contribution in [2.75, 3.05) is 18.6 Å². The topological polar surface area (TPSA) is 48.6 Å². The van der Waals surface area contributed by atoms with Crippen LogP contribution in [0.4, 0.5) is 11.4 Å². The number of benzene rings is 3. The van der Waals surface area contributed by atoms with Crippen LogP contribution in [0.25, 0.3) is 10.9 Å². The third-order valence-electron chi connectivity index (χ3n) is 6.25. The smallest absolute Gasteiger partial charge is 0.257 e. The molecule has 6 rings (SSSR count). The van der Waals surface area contributed by atoms with E-state index in [1.165, 1.54) is 10.9 Å². The summed E-state index contributed by atoms with van der Waals surface area (Å²) in [6, 6.07) is 24.3. The molecule has 148 valence electrons. The van der Waals surface area contributed by atoms with E-state index in [9.17, 15) is 4.79 Å². The average molecular weight is 395 g/mol. The minimum absolute atomic E-state index is 0.0877. The van der Waals surface area contributed by atoms with E-state index in [4.69, 9.17) is 4.74 Å². The van der Waals surface area contributed by atoms with Crippen LogP contribution in [0, 0.1) is 0 Å². The Labute approximate surface area is 174 Å². The standard InChI is InChI=1S/C25H21N3O2/c1-30-17-12-10-16(11-13-17)28-22-9-5-3-7-20(22)25(29)27-15-14-19-18-6-2-4-8-21(18)26-23(19)24(27)28/h2-13,24,26H,14-15H2,1H3. The number of aromatic nitrogens is 1. The van der Waals surface area contributed by atoms with E-state index in [1.54, 1.807) is 7.11 Å². The highest BCUT2D eigenvalue weighted by Crippen LogP contribution is 2.47. The molecule has 0 saturated carbocycles. The number of aromatic amines is 1. The van der Waals surface area contributed by atoms with Gasteiger partial charge in [0.25, 0.3) is 5.91 Å². The molecule has 5 heteroatoms. The number of anilines is 2. The highest BCUT2D eigenvalue weighted by Gasteiger charge is 2.43. The lowest BCUT2D eigenvalue weighted by molar-refractivity contribution is 0.0642. The molecule has 1 unspecified atom stereocenters. The molecule has 1 aromatic heterocycles. The molecule has 3 aromatic carbocycles. The monoisotopic (exact) mass is 395 g/mol. The Hall–Kier alpha value is -3.73. The predicted molar refractivity (Wildman–Crippen MR) is 117 cm³/mol. The van der Waals surface area contributed by atoms with Gasteiger partial charge in [0, 0.05) is 23.1 Å². The largest absolute Gasteiger partial charge is 0.497 e. The second kappa shape index (κ2) is 6.39. The molecule has 5 nitrogen and oxygen atoms in total. The van der Waals surface area contributed by atoms with Crippen LogP contribution >= 0.6 is 0 Å². The summed E-state index contributed by atoms with van der Waals surface area (Å²) in [5.41, 5.74) is 6.21. The number of methoxy groups -OCH3 is 1. The SMILES string of the molecule is COc1ccc(N2c3ccccc3C(=O)N3CCc4c([nH]c5ccccc45)C32)cc1. The van der Waals surface area contributed by atoms with Gasteiger partial charge < -0.3 is 19.5 Å². The Bertz CT molecular complexity index is 1280. The molecule has 4 aromatic rings. The van der Waals surface area contributed by atoms with E-state index in [-0.39, 0.29) is 12.1 Å². The van der Waals surface area contributed by atoms with Gasteiger partial charge in [0.15, 0.2) is 6.17 Å². The maximum Gasteiger partial charge on any atom is 0.257 e. The van der Waals surface area contributed by atoms with Crippen molar-refractivity contribution in [1.82, 2.24) is 9.88 Å². The fourth-order valence-electron chi connectivity index (χ4n) is 4.88. The number of fused-ring (bicyclic) bond motifs is 6. The number of nitrogens with zero attached hydrogens (tertiary/aromatic N) is 2. The number of nitrogens with one attached hydrogen (secondary N) is 1. The molecule has 0 fully saturated rings. The van der Waals surface area contributed by atoms with Gasteiger partial charge >= 0.3 is 0 Å². The van der Waals surface area contributed by atoms with Gasteiger partial charge in [-0.3, -0.25) is 4.79 Å². The Morgan fingerprint density at radius 1 is 0.967 bits per heavy atom. The second-order valence-electron chi connectivity index (χ2n) is 7.77. The Balaban J connectivity index is 1.61. The normalized spacial score (nSPS) is 17.5. The van der Waals surface area contributed by atoms with Gasteiger partial charge in [0.05, 0.1) is 24.1 Å². The molecule has 1 atom stereocenters. The first kappa shape index (κ1) is 17.2. The highest BCUT2D eigenvalue weighted by atomic mass is 16.5.